The monoisotopic (exact) mass is 426 g/mol. The van der Waals surface area contributed by atoms with Gasteiger partial charge in [-0.25, -0.2) is 0 Å². The van der Waals surface area contributed by atoms with E-state index in [0.29, 0.717) is 6.61 Å². The molecule has 0 heterocycles. The maximum absolute atomic E-state index is 13.2. The Morgan fingerprint density at radius 1 is 0.871 bits per heavy atom. The second kappa shape index (κ2) is 9.40. The summed E-state index contributed by atoms with van der Waals surface area (Å²) in [6.07, 6.45) is 2.05. The molecule has 2 aromatic rings. The highest BCUT2D eigenvalue weighted by Gasteiger charge is 2.30. The molecular weight excluding hydrogens is 400 g/mol. The molecule has 3 heteroatoms. The van der Waals surface area contributed by atoms with Crippen LogP contribution in [-0.4, -0.2) is 18.8 Å². The number of fused-ring (bicyclic) bond motifs is 1. The summed E-state index contributed by atoms with van der Waals surface area (Å²) in [6.45, 7) is 4.30. The molecule has 2 nitrogen and oxygen atoms in total. The Morgan fingerprint density at radius 3 is 2.19 bits per heavy atom. The van der Waals surface area contributed by atoms with Gasteiger partial charge in [-0.05, 0) is 71.7 Å². The fraction of sp³-hybridized carbons (Fsp3) is 0.179. The molecule has 0 bridgehead atoms. The van der Waals surface area contributed by atoms with Gasteiger partial charge in [-0.2, -0.15) is 0 Å². The second-order valence-corrected chi connectivity index (χ2v) is 8.46. The fourth-order valence-electron chi connectivity index (χ4n) is 4.02. The number of carbonyl (C=O) groups is 1. The molecule has 0 fully saturated rings. The number of ether oxygens (including phenoxy) is 1. The van der Waals surface area contributed by atoms with Gasteiger partial charge < -0.3 is 4.74 Å². The van der Waals surface area contributed by atoms with E-state index in [9.17, 15) is 4.79 Å². The molecule has 0 aromatic heterocycles. The van der Waals surface area contributed by atoms with Gasteiger partial charge in [0.2, 0.25) is 0 Å². The molecule has 1 atom stereocenters. The Bertz CT molecular complexity index is 1150. The zero-order valence-electron chi connectivity index (χ0n) is 18.1. The van der Waals surface area contributed by atoms with E-state index in [4.69, 9.17) is 4.74 Å². The number of aryl methyl sites for hydroxylation is 1. The van der Waals surface area contributed by atoms with Gasteiger partial charge >= 0.3 is 5.97 Å². The minimum Gasteiger partial charge on any atom is -0.465 e. The first-order chi connectivity index (χ1) is 15.1. The Morgan fingerprint density at radius 2 is 1.55 bits per heavy atom. The Labute approximate surface area is 188 Å². The van der Waals surface area contributed by atoms with Gasteiger partial charge in [0.05, 0.1) is 6.61 Å². The zero-order valence-corrected chi connectivity index (χ0v) is 18.9. The van der Waals surface area contributed by atoms with Crippen LogP contribution in [-0.2, 0) is 9.53 Å². The van der Waals surface area contributed by atoms with Crippen molar-refractivity contribution < 1.29 is 9.53 Å². The van der Waals surface area contributed by atoms with Gasteiger partial charge in [0.15, 0.2) is 0 Å². The Hall–Kier alpha value is -3.04. The van der Waals surface area contributed by atoms with Crippen molar-refractivity contribution in [2.75, 3.05) is 12.9 Å². The van der Waals surface area contributed by atoms with Crippen LogP contribution < -0.4 is 0 Å². The molecule has 2 aromatic carbocycles. The van der Waals surface area contributed by atoms with Crippen molar-refractivity contribution >= 4 is 17.7 Å². The number of carbonyl (C=O) groups excluding carboxylic acids is 1. The third-order valence-corrected chi connectivity index (χ3v) is 6.33. The van der Waals surface area contributed by atoms with Crippen molar-refractivity contribution in [2.24, 2.45) is 0 Å². The Balaban J connectivity index is 1.92. The van der Waals surface area contributed by atoms with Crippen molar-refractivity contribution in [1.82, 2.24) is 0 Å². The maximum atomic E-state index is 13.2. The summed E-state index contributed by atoms with van der Waals surface area (Å²) in [5, 5.41) is 0. The summed E-state index contributed by atoms with van der Waals surface area (Å²) >= 11 is 1.69. The molecule has 2 aliphatic rings. The van der Waals surface area contributed by atoms with Crippen LogP contribution in [0.1, 0.15) is 29.5 Å². The topological polar surface area (TPSA) is 26.3 Å². The summed E-state index contributed by atoms with van der Waals surface area (Å²) in [5.74, 6) is -0.687. The molecular formula is C28H26O2S. The zero-order chi connectivity index (χ0) is 21.8. The summed E-state index contributed by atoms with van der Waals surface area (Å²) < 4.78 is 5.53. The molecule has 0 aliphatic heterocycles. The van der Waals surface area contributed by atoms with E-state index in [1.165, 1.54) is 10.5 Å². The van der Waals surface area contributed by atoms with Gasteiger partial charge in [-0.3, -0.25) is 4.79 Å². The van der Waals surface area contributed by atoms with Crippen LogP contribution in [0.4, 0.5) is 0 Å². The highest BCUT2D eigenvalue weighted by Crippen LogP contribution is 2.44. The molecule has 0 radical (unpaired) electrons. The first-order valence-corrected chi connectivity index (χ1v) is 11.7. The van der Waals surface area contributed by atoms with Gasteiger partial charge in [-0.1, -0.05) is 72.3 Å². The minimum atomic E-state index is -0.472. The van der Waals surface area contributed by atoms with Crippen LogP contribution in [0.15, 0.2) is 89.8 Å². The van der Waals surface area contributed by atoms with Crippen molar-refractivity contribution in [3.05, 3.63) is 102 Å². The standard InChI is InChI=1S/C28H26O2S/c1-4-30-28(29)27(21-14-16-22(31-3)17-15-21)26-18-25(20-12-10-19(2)11-13-20)23-8-6-5-7-9-24(23)26/h5-18,27H,4H2,1-3H3. The average Bonchev–Trinajstić information content (AvgIpc) is 2.96. The first-order valence-electron chi connectivity index (χ1n) is 10.5. The Kier molecular flexibility index (Phi) is 6.43. The fourth-order valence-corrected chi connectivity index (χ4v) is 4.43. The lowest BCUT2D eigenvalue weighted by Crippen LogP contribution is -2.17. The molecule has 31 heavy (non-hydrogen) atoms. The second-order valence-electron chi connectivity index (χ2n) is 7.58. The number of benzene rings is 2. The molecule has 0 saturated heterocycles. The number of thioether (sulfide) groups is 1. The third-order valence-electron chi connectivity index (χ3n) is 5.58. The van der Waals surface area contributed by atoms with E-state index in [1.54, 1.807) is 11.8 Å². The number of hydrogen-bond donors (Lipinski definition) is 0. The highest BCUT2D eigenvalue weighted by molar-refractivity contribution is 7.98. The predicted octanol–water partition coefficient (Wildman–Crippen LogP) is 7.18. The smallest absolute Gasteiger partial charge is 0.317 e. The minimum absolute atomic E-state index is 0.215. The van der Waals surface area contributed by atoms with Crippen molar-refractivity contribution in [3.8, 4) is 22.3 Å². The summed E-state index contributed by atoms with van der Waals surface area (Å²) in [5.41, 5.74) is 7.65. The molecule has 4 rings (SSSR count). The quantitative estimate of drug-likeness (QED) is 0.241. The van der Waals surface area contributed by atoms with Crippen LogP contribution in [0.2, 0.25) is 0 Å². The molecule has 2 aliphatic carbocycles. The van der Waals surface area contributed by atoms with Crippen molar-refractivity contribution in [3.63, 3.8) is 0 Å². The number of hydrogen-bond acceptors (Lipinski definition) is 3. The lowest BCUT2D eigenvalue weighted by atomic mass is 9.90. The molecule has 0 amide bonds. The maximum Gasteiger partial charge on any atom is 0.317 e. The normalized spacial score (nSPS) is 12.0. The largest absolute Gasteiger partial charge is 0.465 e. The summed E-state index contributed by atoms with van der Waals surface area (Å²) in [7, 11) is 0. The lowest BCUT2D eigenvalue weighted by molar-refractivity contribution is -0.143. The number of esters is 1. The van der Waals surface area contributed by atoms with E-state index < -0.39 is 5.92 Å². The predicted molar refractivity (Wildman–Crippen MR) is 130 cm³/mol. The van der Waals surface area contributed by atoms with Gasteiger partial charge in [0, 0.05) is 4.90 Å². The summed E-state index contributed by atoms with van der Waals surface area (Å²) in [4.78, 5) is 14.4. The van der Waals surface area contributed by atoms with Crippen LogP contribution in [0.5, 0.6) is 0 Å². The van der Waals surface area contributed by atoms with Crippen LogP contribution in [0, 0.1) is 6.92 Å². The van der Waals surface area contributed by atoms with Crippen LogP contribution >= 0.6 is 11.8 Å². The molecule has 0 saturated carbocycles. The van der Waals surface area contributed by atoms with Gasteiger partial charge in [-0.15, -0.1) is 11.8 Å². The van der Waals surface area contributed by atoms with Crippen LogP contribution in [0.25, 0.3) is 22.3 Å². The summed E-state index contributed by atoms with van der Waals surface area (Å²) in [6, 6.07) is 29.3. The van der Waals surface area contributed by atoms with E-state index in [2.05, 4.69) is 73.8 Å². The third kappa shape index (κ3) is 4.38. The van der Waals surface area contributed by atoms with E-state index in [-0.39, 0.29) is 5.97 Å². The van der Waals surface area contributed by atoms with Crippen molar-refractivity contribution in [1.29, 1.82) is 0 Å². The molecule has 1 unspecified atom stereocenters. The highest BCUT2D eigenvalue weighted by atomic mass is 32.2. The van der Waals surface area contributed by atoms with Gasteiger partial charge in [0.1, 0.15) is 5.92 Å². The van der Waals surface area contributed by atoms with Gasteiger partial charge in [0.25, 0.3) is 0 Å². The molecule has 0 spiro atoms. The van der Waals surface area contributed by atoms with Crippen molar-refractivity contribution in [2.45, 2.75) is 24.7 Å². The SMILES string of the molecule is CCOC(=O)C(c1ccc(SC)cc1)c1cc(-c2ccc(C)cc2)c2cccccc1-2. The lowest BCUT2D eigenvalue weighted by Gasteiger charge is -2.17. The number of rotatable bonds is 6. The van der Waals surface area contributed by atoms with E-state index in [1.807, 2.05) is 31.2 Å². The van der Waals surface area contributed by atoms with Crippen LogP contribution in [0.3, 0.4) is 0 Å². The van der Waals surface area contributed by atoms with E-state index in [0.717, 1.165) is 33.4 Å². The first kappa shape index (κ1) is 21.2. The molecule has 156 valence electrons. The average molecular weight is 427 g/mol. The molecule has 0 N–H and O–H groups in total. The van der Waals surface area contributed by atoms with E-state index >= 15 is 0 Å².